The van der Waals surface area contributed by atoms with Gasteiger partial charge in [0.25, 0.3) is 0 Å². The fraction of sp³-hybridized carbons (Fsp3) is 0.881. The van der Waals surface area contributed by atoms with Crippen molar-refractivity contribution in [2.75, 3.05) is 13.2 Å². The number of unbranched alkanes of at least 4 members (excludes halogenated alkanes) is 20. The van der Waals surface area contributed by atoms with Gasteiger partial charge in [-0.1, -0.05) is 160 Å². The summed E-state index contributed by atoms with van der Waals surface area (Å²) in [5.41, 5.74) is 0. The van der Waals surface area contributed by atoms with E-state index in [4.69, 9.17) is 9.47 Å². The van der Waals surface area contributed by atoms with E-state index in [9.17, 15) is 35.4 Å². The van der Waals surface area contributed by atoms with Gasteiger partial charge in [0.1, 0.15) is 30.5 Å². The number of aliphatic hydroxyl groups excluding tert-OH is 6. The van der Waals surface area contributed by atoms with Gasteiger partial charge in [-0.25, -0.2) is 0 Å². The summed E-state index contributed by atoms with van der Waals surface area (Å²) in [5, 5.41) is 64.6. The van der Waals surface area contributed by atoms with Gasteiger partial charge in [-0.3, -0.25) is 4.79 Å². The lowest BCUT2D eigenvalue weighted by Gasteiger charge is -2.40. The smallest absolute Gasteiger partial charge is 0.249 e. The Morgan fingerprint density at radius 2 is 1.12 bits per heavy atom. The number of hydrogen-bond donors (Lipinski definition) is 7. The first-order chi connectivity index (χ1) is 25.3. The van der Waals surface area contributed by atoms with Crippen molar-refractivity contribution in [3.8, 4) is 0 Å². The number of aliphatic hydroxyl groups is 6. The van der Waals surface area contributed by atoms with Crippen molar-refractivity contribution in [3.63, 3.8) is 0 Å². The first kappa shape index (κ1) is 48.6. The fourth-order valence-electron chi connectivity index (χ4n) is 6.63. The maximum absolute atomic E-state index is 13.0. The van der Waals surface area contributed by atoms with Gasteiger partial charge in [0.15, 0.2) is 6.29 Å². The molecular formula is C42H79NO9. The molecule has 10 nitrogen and oxygen atoms in total. The molecule has 0 aromatic heterocycles. The van der Waals surface area contributed by atoms with Gasteiger partial charge in [0.2, 0.25) is 5.91 Å². The molecule has 1 aliphatic rings. The normalized spacial score (nSPS) is 22.7. The van der Waals surface area contributed by atoms with Gasteiger partial charge in [0.05, 0.1) is 25.4 Å². The molecule has 1 saturated heterocycles. The third-order valence-corrected chi connectivity index (χ3v) is 10.2. The predicted octanol–water partition coefficient (Wildman–Crippen LogP) is 6.91. The summed E-state index contributed by atoms with van der Waals surface area (Å²) in [6.07, 6.45) is 26.5. The van der Waals surface area contributed by atoms with Gasteiger partial charge in [-0.2, -0.15) is 0 Å². The summed E-state index contributed by atoms with van der Waals surface area (Å²) in [5.74, 6) is -0.597. The number of nitrogens with one attached hydrogen (secondary N) is 1. The number of carbonyl (C=O) groups excluding carboxylic acids is 1. The van der Waals surface area contributed by atoms with E-state index in [2.05, 4.69) is 43.5 Å². The number of ether oxygens (including phenoxy) is 2. The minimum atomic E-state index is -1.60. The molecule has 0 aromatic carbocycles. The van der Waals surface area contributed by atoms with Crippen LogP contribution in [0.5, 0.6) is 0 Å². The van der Waals surface area contributed by atoms with Crippen molar-refractivity contribution < 1.29 is 44.9 Å². The first-order valence-corrected chi connectivity index (χ1v) is 21.2. The molecule has 8 unspecified atom stereocenters. The minimum absolute atomic E-state index is 0.260. The molecule has 1 rings (SSSR count). The molecule has 0 radical (unpaired) electrons. The van der Waals surface area contributed by atoms with E-state index in [-0.39, 0.29) is 6.61 Å². The SMILES string of the molecule is CCCCC/C=C\C=C/CCCCCCCC(O)C(=O)NC(COC1OC(CO)C(O)C(O)C1O)C(O)CCCCCCCCCCCCCCC. The van der Waals surface area contributed by atoms with Crippen molar-refractivity contribution in [3.05, 3.63) is 24.3 Å². The average Bonchev–Trinajstić information content (AvgIpc) is 3.14. The zero-order chi connectivity index (χ0) is 38.2. The molecule has 8 atom stereocenters. The highest BCUT2D eigenvalue weighted by atomic mass is 16.7. The number of amides is 1. The van der Waals surface area contributed by atoms with Gasteiger partial charge in [-0.05, 0) is 38.5 Å². The maximum Gasteiger partial charge on any atom is 0.249 e. The molecule has 0 aromatic rings. The third-order valence-electron chi connectivity index (χ3n) is 10.2. The lowest BCUT2D eigenvalue weighted by atomic mass is 9.99. The molecule has 1 fully saturated rings. The second-order valence-electron chi connectivity index (χ2n) is 15.0. The molecule has 10 heteroatoms. The van der Waals surface area contributed by atoms with Crippen LogP contribution >= 0.6 is 0 Å². The van der Waals surface area contributed by atoms with E-state index in [1.165, 1.54) is 77.0 Å². The summed E-state index contributed by atoms with van der Waals surface area (Å²) in [7, 11) is 0. The molecule has 0 spiro atoms. The van der Waals surface area contributed by atoms with Crippen LogP contribution in [0.15, 0.2) is 24.3 Å². The Labute approximate surface area is 316 Å². The summed E-state index contributed by atoms with van der Waals surface area (Å²) in [4.78, 5) is 13.0. The van der Waals surface area contributed by atoms with Crippen LogP contribution in [0.2, 0.25) is 0 Å². The minimum Gasteiger partial charge on any atom is -0.394 e. The summed E-state index contributed by atoms with van der Waals surface area (Å²) < 4.78 is 11.1. The Bertz CT molecular complexity index is 886. The highest BCUT2D eigenvalue weighted by Gasteiger charge is 2.44. The molecule has 52 heavy (non-hydrogen) atoms. The molecule has 0 bridgehead atoms. The standard InChI is InChI=1S/C42H79NO9/c1-3-5-7-9-11-13-15-17-19-21-23-25-27-29-31-36(46)41(50)43-34(33-51-42-40(49)39(48)38(47)37(32-44)52-42)35(45)30-28-26-24-22-20-18-16-14-12-10-8-6-4-2/h11,13,15,17,34-40,42,44-49H,3-10,12,14,16,18-33H2,1-2H3,(H,43,50)/b13-11-,17-15-. The van der Waals surface area contributed by atoms with E-state index in [0.29, 0.717) is 19.3 Å². The number of carbonyl (C=O) groups is 1. The zero-order valence-corrected chi connectivity index (χ0v) is 32.9. The maximum atomic E-state index is 13.0. The van der Waals surface area contributed by atoms with Gasteiger partial charge in [-0.15, -0.1) is 0 Å². The van der Waals surface area contributed by atoms with Crippen molar-refractivity contribution in [2.24, 2.45) is 0 Å². The average molecular weight is 742 g/mol. The van der Waals surface area contributed by atoms with Crippen LogP contribution in [-0.2, 0) is 14.3 Å². The van der Waals surface area contributed by atoms with Gasteiger partial charge < -0.3 is 45.4 Å². The van der Waals surface area contributed by atoms with Crippen molar-refractivity contribution >= 4 is 5.91 Å². The molecule has 0 aliphatic carbocycles. The van der Waals surface area contributed by atoms with Crippen LogP contribution in [0.25, 0.3) is 0 Å². The second kappa shape index (κ2) is 33.0. The van der Waals surface area contributed by atoms with E-state index in [1.54, 1.807) is 0 Å². The van der Waals surface area contributed by atoms with Crippen LogP contribution in [0.4, 0.5) is 0 Å². The molecule has 1 aliphatic heterocycles. The monoisotopic (exact) mass is 742 g/mol. The topological polar surface area (TPSA) is 169 Å². The fourth-order valence-corrected chi connectivity index (χ4v) is 6.63. The lowest BCUT2D eigenvalue weighted by Crippen LogP contribution is -2.60. The quantitative estimate of drug-likeness (QED) is 0.0274. The number of rotatable bonds is 34. The summed E-state index contributed by atoms with van der Waals surface area (Å²) in [6, 6.07) is -0.897. The predicted molar refractivity (Wildman–Crippen MR) is 209 cm³/mol. The molecule has 1 heterocycles. The van der Waals surface area contributed by atoms with E-state index >= 15 is 0 Å². The molecule has 7 N–H and O–H groups in total. The van der Waals surface area contributed by atoms with E-state index < -0.39 is 61.5 Å². The lowest BCUT2D eigenvalue weighted by molar-refractivity contribution is -0.302. The number of allylic oxidation sites excluding steroid dienone is 4. The molecule has 306 valence electrons. The second-order valence-corrected chi connectivity index (χ2v) is 15.0. The van der Waals surface area contributed by atoms with Crippen LogP contribution in [0.1, 0.15) is 174 Å². The van der Waals surface area contributed by atoms with E-state index in [1.807, 2.05) is 0 Å². The zero-order valence-electron chi connectivity index (χ0n) is 32.9. The van der Waals surface area contributed by atoms with Crippen molar-refractivity contribution in [2.45, 2.75) is 223 Å². The molecule has 1 amide bonds. The Hall–Kier alpha value is -1.37. The summed E-state index contributed by atoms with van der Waals surface area (Å²) in [6.45, 7) is 3.60. The Morgan fingerprint density at radius 3 is 1.65 bits per heavy atom. The highest BCUT2D eigenvalue weighted by Crippen LogP contribution is 2.23. The molecule has 0 saturated carbocycles. The Kier molecular flexibility index (Phi) is 30.9. The highest BCUT2D eigenvalue weighted by molar-refractivity contribution is 5.80. The van der Waals surface area contributed by atoms with E-state index in [0.717, 1.165) is 64.2 Å². The third kappa shape index (κ3) is 23.4. The van der Waals surface area contributed by atoms with Crippen molar-refractivity contribution in [1.82, 2.24) is 5.32 Å². The Morgan fingerprint density at radius 1 is 0.654 bits per heavy atom. The van der Waals surface area contributed by atoms with Crippen LogP contribution < -0.4 is 5.32 Å². The van der Waals surface area contributed by atoms with Crippen LogP contribution in [0.3, 0.4) is 0 Å². The van der Waals surface area contributed by atoms with Gasteiger partial charge in [0, 0.05) is 0 Å². The van der Waals surface area contributed by atoms with Crippen LogP contribution in [0, 0.1) is 0 Å². The largest absolute Gasteiger partial charge is 0.394 e. The van der Waals surface area contributed by atoms with Crippen LogP contribution in [-0.4, -0.2) is 98.7 Å². The van der Waals surface area contributed by atoms with Gasteiger partial charge >= 0.3 is 0 Å². The first-order valence-electron chi connectivity index (χ1n) is 21.2. The number of hydrogen-bond acceptors (Lipinski definition) is 9. The van der Waals surface area contributed by atoms with Crippen molar-refractivity contribution in [1.29, 1.82) is 0 Å². The Balaban J connectivity index is 2.46. The molecular weight excluding hydrogens is 662 g/mol. The summed E-state index contributed by atoms with van der Waals surface area (Å²) >= 11 is 0.